The van der Waals surface area contributed by atoms with Crippen LogP contribution in [-0.4, -0.2) is 31.8 Å². The van der Waals surface area contributed by atoms with Crippen molar-refractivity contribution >= 4 is 5.96 Å². The van der Waals surface area contributed by atoms with Gasteiger partial charge in [-0.25, -0.2) is 0 Å². The second-order valence-electron chi connectivity index (χ2n) is 4.34. The molecule has 2 unspecified atom stereocenters. The fraction of sp³-hybridized carbons (Fsp3) is 0.900. The maximum absolute atomic E-state index is 5.70. The number of nitrogens with zero attached hydrogens (tertiary/aromatic N) is 1. The van der Waals surface area contributed by atoms with Gasteiger partial charge in [0.25, 0.3) is 0 Å². The zero-order chi connectivity index (χ0) is 10.8. The number of nitrogens with one attached hydrogen (secondary N) is 1. The van der Waals surface area contributed by atoms with Crippen molar-refractivity contribution in [2.45, 2.75) is 39.3 Å². The van der Waals surface area contributed by atoms with Crippen molar-refractivity contribution in [3.63, 3.8) is 0 Å². The summed E-state index contributed by atoms with van der Waals surface area (Å²) in [6.45, 7) is 7.06. The van der Waals surface area contributed by atoms with Crippen LogP contribution in [0.3, 0.4) is 0 Å². The topological polar surface area (TPSA) is 59.6 Å². The Morgan fingerprint density at radius 3 is 2.71 bits per heavy atom. The van der Waals surface area contributed by atoms with E-state index in [2.05, 4.69) is 24.2 Å². The molecule has 1 rings (SSSR count). The van der Waals surface area contributed by atoms with Gasteiger partial charge in [0, 0.05) is 25.1 Å². The number of aliphatic imine (C=N–C) groups is 1. The lowest BCUT2D eigenvalue weighted by molar-refractivity contribution is -0.0921. The highest BCUT2D eigenvalue weighted by molar-refractivity contribution is 5.78. The summed E-state index contributed by atoms with van der Waals surface area (Å²) >= 11 is 0. The molecule has 0 radical (unpaired) electrons. The number of rotatable bonds is 3. The van der Waals surface area contributed by atoms with Crippen LogP contribution in [0.2, 0.25) is 0 Å². The molecule has 0 aliphatic heterocycles. The number of hydrogen-bond acceptors (Lipinski definition) is 2. The Bertz CT molecular complexity index is 225. The van der Waals surface area contributed by atoms with E-state index < -0.39 is 0 Å². The largest absolute Gasteiger partial charge is 0.381 e. The van der Waals surface area contributed by atoms with Crippen LogP contribution in [0.25, 0.3) is 0 Å². The van der Waals surface area contributed by atoms with Crippen molar-refractivity contribution in [3.05, 3.63) is 0 Å². The third-order valence-corrected chi connectivity index (χ3v) is 3.11. The normalized spacial score (nSPS) is 31.0. The van der Waals surface area contributed by atoms with E-state index >= 15 is 0 Å². The maximum atomic E-state index is 5.70. The van der Waals surface area contributed by atoms with E-state index in [1.54, 1.807) is 7.11 Å². The van der Waals surface area contributed by atoms with Crippen molar-refractivity contribution in [2.75, 3.05) is 13.7 Å². The highest BCUT2D eigenvalue weighted by atomic mass is 16.5. The van der Waals surface area contributed by atoms with E-state index in [0.29, 0.717) is 18.1 Å². The summed E-state index contributed by atoms with van der Waals surface area (Å²) in [5, 5.41) is 3.22. The quantitative estimate of drug-likeness (QED) is 0.520. The third kappa shape index (κ3) is 2.00. The molecule has 0 bridgehead atoms. The highest BCUT2D eigenvalue weighted by Crippen LogP contribution is 2.42. The second kappa shape index (κ2) is 4.17. The summed E-state index contributed by atoms with van der Waals surface area (Å²) in [5.74, 6) is 0.542. The summed E-state index contributed by atoms with van der Waals surface area (Å²) in [4.78, 5) is 4.11. The van der Waals surface area contributed by atoms with Gasteiger partial charge in [-0.15, -0.1) is 0 Å². The van der Waals surface area contributed by atoms with Crippen molar-refractivity contribution in [1.82, 2.24) is 5.32 Å². The molecular weight excluding hydrogens is 178 g/mol. The van der Waals surface area contributed by atoms with Gasteiger partial charge >= 0.3 is 0 Å². The minimum Gasteiger partial charge on any atom is -0.381 e. The van der Waals surface area contributed by atoms with Crippen LogP contribution in [0.4, 0.5) is 0 Å². The molecule has 4 heteroatoms. The molecule has 3 N–H and O–H groups in total. The lowest BCUT2D eigenvalue weighted by Crippen LogP contribution is -2.62. The average Bonchev–Trinajstić information content (AvgIpc) is 2.12. The molecule has 0 saturated heterocycles. The molecular formula is C10H21N3O. The molecule has 0 aromatic rings. The predicted molar refractivity (Wildman–Crippen MR) is 58.3 cm³/mol. The Morgan fingerprint density at radius 1 is 1.64 bits per heavy atom. The molecule has 14 heavy (non-hydrogen) atoms. The van der Waals surface area contributed by atoms with Gasteiger partial charge in [0.1, 0.15) is 0 Å². The first-order chi connectivity index (χ1) is 6.52. The number of methoxy groups -OCH3 is 1. The van der Waals surface area contributed by atoms with E-state index in [1.165, 1.54) is 0 Å². The minimum atomic E-state index is 0.141. The first-order valence-corrected chi connectivity index (χ1v) is 5.11. The van der Waals surface area contributed by atoms with Crippen LogP contribution >= 0.6 is 0 Å². The smallest absolute Gasteiger partial charge is 0.188 e. The zero-order valence-electron chi connectivity index (χ0n) is 9.50. The van der Waals surface area contributed by atoms with Gasteiger partial charge in [-0.3, -0.25) is 4.99 Å². The first kappa shape index (κ1) is 11.3. The molecule has 82 valence electrons. The molecule has 0 aromatic carbocycles. The van der Waals surface area contributed by atoms with Crippen LogP contribution in [0, 0.1) is 5.41 Å². The standard InChI is InChI=1S/C10H21N3O/c1-5-12-9(11)13-7-6-8(14-4)10(7,2)3/h7-8H,5-6H2,1-4H3,(H3,11,12,13). The summed E-state index contributed by atoms with van der Waals surface area (Å²) in [5.41, 5.74) is 5.84. The second-order valence-corrected chi connectivity index (χ2v) is 4.34. The molecule has 1 aliphatic carbocycles. The Morgan fingerprint density at radius 2 is 2.29 bits per heavy atom. The van der Waals surface area contributed by atoms with Crippen LogP contribution in [0.15, 0.2) is 4.99 Å². The van der Waals surface area contributed by atoms with Gasteiger partial charge in [0.05, 0.1) is 6.10 Å². The Labute approximate surface area is 85.9 Å². The van der Waals surface area contributed by atoms with Crippen LogP contribution in [0.1, 0.15) is 27.2 Å². The van der Waals surface area contributed by atoms with Gasteiger partial charge < -0.3 is 15.8 Å². The maximum Gasteiger partial charge on any atom is 0.188 e. The van der Waals surface area contributed by atoms with Gasteiger partial charge in [0.2, 0.25) is 0 Å². The molecule has 2 atom stereocenters. The molecule has 1 aliphatic rings. The van der Waals surface area contributed by atoms with Crippen molar-refractivity contribution in [1.29, 1.82) is 0 Å². The number of ether oxygens (including phenoxy) is 1. The SMILES string of the molecule is CCN=C(N)NC1CC(OC)C1(C)C. The number of hydrogen-bond donors (Lipinski definition) is 2. The Balaban J connectivity index is 2.46. The molecule has 4 nitrogen and oxygen atoms in total. The Hall–Kier alpha value is -0.770. The zero-order valence-corrected chi connectivity index (χ0v) is 9.50. The van der Waals surface area contributed by atoms with E-state index in [-0.39, 0.29) is 5.41 Å². The molecule has 0 heterocycles. The molecule has 1 fully saturated rings. The van der Waals surface area contributed by atoms with E-state index in [9.17, 15) is 0 Å². The minimum absolute atomic E-state index is 0.141. The molecule has 0 spiro atoms. The molecule has 0 aromatic heterocycles. The van der Waals surface area contributed by atoms with Gasteiger partial charge in [-0.2, -0.15) is 0 Å². The summed E-state index contributed by atoms with van der Waals surface area (Å²) in [7, 11) is 1.76. The van der Waals surface area contributed by atoms with Gasteiger partial charge in [0.15, 0.2) is 5.96 Å². The fourth-order valence-corrected chi connectivity index (χ4v) is 1.92. The molecule has 1 saturated carbocycles. The van der Waals surface area contributed by atoms with Crippen LogP contribution in [-0.2, 0) is 4.74 Å². The predicted octanol–water partition coefficient (Wildman–Crippen LogP) is 0.724. The van der Waals surface area contributed by atoms with E-state index in [4.69, 9.17) is 10.5 Å². The van der Waals surface area contributed by atoms with Crippen LogP contribution < -0.4 is 11.1 Å². The average molecular weight is 199 g/mol. The third-order valence-electron chi connectivity index (χ3n) is 3.11. The van der Waals surface area contributed by atoms with Crippen molar-refractivity contribution in [2.24, 2.45) is 16.1 Å². The summed E-state index contributed by atoms with van der Waals surface area (Å²) < 4.78 is 5.35. The number of guanidine groups is 1. The van der Waals surface area contributed by atoms with E-state index in [0.717, 1.165) is 13.0 Å². The van der Waals surface area contributed by atoms with Gasteiger partial charge in [-0.05, 0) is 13.3 Å². The molecule has 0 amide bonds. The summed E-state index contributed by atoms with van der Waals surface area (Å²) in [6, 6.07) is 0.378. The lowest BCUT2D eigenvalue weighted by Gasteiger charge is -2.51. The Kier molecular flexibility index (Phi) is 3.37. The first-order valence-electron chi connectivity index (χ1n) is 5.11. The van der Waals surface area contributed by atoms with Crippen LogP contribution in [0.5, 0.6) is 0 Å². The monoisotopic (exact) mass is 199 g/mol. The van der Waals surface area contributed by atoms with Crippen molar-refractivity contribution < 1.29 is 4.74 Å². The fourth-order valence-electron chi connectivity index (χ4n) is 1.92. The van der Waals surface area contributed by atoms with Crippen molar-refractivity contribution in [3.8, 4) is 0 Å². The highest BCUT2D eigenvalue weighted by Gasteiger charge is 2.48. The summed E-state index contributed by atoms with van der Waals surface area (Å²) in [6.07, 6.45) is 1.33. The van der Waals surface area contributed by atoms with E-state index in [1.807, 2.05) is 6.92 Å². The number of nitrogens with two attached hydrogens (primary N) is 1. The lowest BCUT2D eigenvalue weighted by atomic mass is 9.64. The van der Waals surface area contributed by atoms with Gasteiger partial charge in [-0.1, -0.05) is 13.8 Å².